The van der Waals surface area contributed by atoms with Gasteiger partial charge in [-0.3, -0.25) is 0 Å². The first-order valence-corrected chi connectivity index (χ1v) is 6.68. The lowest BCUT2D eigenvalue weighted by atomic mass is 9.98. The Morgan fingerprint density at radius 3 is 2.36 bits per heavy atom. The number of hydrogen-bond donors (Lipinski definition) is 1. The lowest BCUT2D eigenvalue weighted by molar-refractivity contribution is 0.455. The van der Waals surface area contributed by atoms with Crippen LogP contribution in [-0.4, -0.2) is 25.5 Å². The van der Waals surface area contributed by atoms with Crippen molar-refractivity contribution < 1.29 is 8.42 Å². The first-order valence-electron chi connectivity index (χ1n) is 4.79. The van der Waals surface area contributed by atoms with Gasteiger partial charge in [0.05, 0.1) is 4.75 Å². The van der Waals surface area contributed by atoms with Crippen LogP contribution in [0, 0.1) is 0 Å². The van der Waals surface area contributed by atoms with E-state index in [0.29, 0.717) is 6.42 Å². The molecule has 0 rings (SSSR count). The molecule has 0 fully saturated rings. The summed E-state index contributed by atoms with van der Waals surface area (Å²) < 4.78 is 22.0. The van der Waals surface area contributed by atoms with Gasteiger partial charge in [0.25, 0.3) is 0 Å². The van der Waals surface area contributed by atoms with Crippen molar-refractivity contribution in [2.45, 2.75) is 43.9 Å². The van der Waals surface area contributed by atoms with Gasteiger partial charge < -0.3 is 5.73 Å². The van der Waals surface area contributed by atoms with Gasteiger partial charge in [0, 0.05) is 12.3 Å². The third kappa shape index (κ3) is 3.42. The standard InChI is InChI=1S/C10H21NO2S/c1-5-6-7-8-9(11)10(2,3)14(4,12)13/h5,9H,1,6-8,11H2,2-4H3. The highest BCUT2D eigenvalue weighted by Crippen LogP contribution is 2.22. The van der Waals surface area contributed by atoms with Crippen LogP contribution in [0.1, 0.15) is 33.1 Å². The van der Waals surface area contributed by atoms with E-state index in [0.717, 1.165) is 12.8 Å². The smallest absolute Gasteiger partial charge is 0.154 e. The SMILES string of the molecule is C=CCCCC(N)C(C)(C)S(C)(=O)=O. The van der Waals surface area contributed by atoms with Gasteiger partial charge in [-0.25, -0.2) is 8.42 Å². The minimum Gasteiger partial charge on any atom is -0.326 e. The molecule has 0 amide bonds. The highest BCUT2D eigenvalue weighted by Gasteiger charge is 2.36. The molecule has 2 N–H and O–H groups in total. The predicted octanol–water partition coefficient (Wildman–Crippen LogP) is 1.49. The second kappa shape index (κ2) is 4.94. The van der Waals surface area contributed by atoms with E-state index in [-0.39, 0.29) is 6.04 Å². The Morgan fingerprint density at radius 2 is 2.00 bits per heavy atom. The molecule has 4 heteroatoms. The van der Waals surface area contributed by atoms with Crippen molar-refractivity contribution in [3.63, 3.8) is 0 Å². The molecule has 0 aromatic rings. The summed E-state index contributed by atoms with van der Waals surface area (Å²) >= 11 is 0. The Balaban J connectivity index is 4.37. The summed E-state index contributed by atoms with van der Waals surface area (Å²) in [6.45, 7) is 6.97. The zero-order valence-electron chi connectivity index (χ0n) is 9.29. The van der Waals surface area contributed by atoms with Crippen molar-refractivity contribution in [1.29, 1.82) is 0 Å². The van der Waals surface area contributed by atoms with Gasteiger partial charge in [-0.2, -0.15) is 0 Å². The maximum Gasteiger partial charge on any atom is 0.154 e. The van der Waals surface area contributed by atoms with Crippen LogP contribution in [0.4, 0.5) is 0 Å². The first kappa shape index (κ1) is 13.7. The van der Waals surface area contributed by atoms with E-state index in [2.05, 4.69) is 6.58 Å². The topological polar surface area (TPSA) is 60.2 Å². The molecule has 84 valence electrons. The predicted molar refractivity (Wildman–Crippen MR) is 60.9 cm³/mol. The molecule has 0 heterocycles. The fourth-order valence-corrected chi connectivity index (χ4v) is 1.77. The van der Waals surface area contributed by atoms with E-state index in [1.165, 1.54) is 6.26 Å². The van der Waals surface area contributed by atoms with E-state index in [4.69, 9.17) is 5.73 Å². The second-order valence-electron chi connectivity index (χ2n) is 4.20. The maximum absolute atomic E-state index is 11.4. The lowest BCUT2D eigenvalue weighted by Crippen LogP contribution is -2.48. The van der Waals surface area contributed by atoms with Gasteiger partial charge in [0.1, 0.15) is 0 Å². The minimum atomic E-state index is -3.09. The molecule has 0 aliphatic heterocycles. The molecule has 1 atom stereocenters. The summed E-state index contributed by atoms with van der Waals surface area (Å²) in [6, 6.07) is -0.308. The van der Waals surface area contributed by atoms with Crippen LogP contribution >= 0.6 is 0 Å². The molecule has 14 heavy (non-hydrogen) atoms. The van der Waals surface area contributed by atoms with Crippen LogP contribution in [0.3, 0.4) is 0 Å². The molecule has 0 aliphatic rings. The Labute approximate surface area is 87.3 Å². The van der Waals surface area contributed by atoms with Crippen LogP contribution in [-0.2, 0) is 9.84 Å². The molecule has 0 saturated carbocycles. The van der Waals surface area contributed by atoms with Gasteiger partial charge in [-0.05, 0) is 33.1 Å². The van der Waals surface area contributed by atoms with Crippen molar-refractivity contribution >= 4 is 9.84 Å². The van der Waals surface area contributed by atoms with Crippen molar-refractivity contribution in [2.75, 3.05) is 6.26 Å². The van der Waals surface area contributed by atoms with E-state index in [1.807, 2.05) is 6.08 Å². The average Bonchev–Trinajstić information content (AvgIpc) is 2.02. The summed E-state index contributed by atoms with van der Waals surface area (Å²) in [5, 5.41) is 0. The maximum atomic E-state index is 11.4. The van der Waals surface area contributed by atoms with Crippen molar-refractivity contribution in [3.05, 3.63) is 12.7 Å². The molecule has 0 radical (unpaired) electrons. The fourth-order valence-electron chi connectivity index (χ4n) is 1.10. The number of sulfone groups is 1. The van der Waals surface area contributed by atoms with Gasteiger partial charge >= 0.3 is 0 Å². The van der Waals surface area contributed by atoms with E-state index < -0.39 is 14.6 Å². The summed E-state index contributed by atoms with van der Waals surface area (Å²) in [6.07, 6.45) is 5.55. The normalized spacial score (nSPS) is 15.1. The van der Waals surface area contributed by atoms with Gasteiger partial charge in [-0.1, -0.05) is 6.08 Å². The van der Waals surface area contributed by atoms with Gasteiger partial charge in [-0.15, -0.1) is 6.58 Å². The molecule has 0 aromatic carbocycles. The third-order valence-corrected chi connectivity index (χ3v) is 4.99. The molecule has 0 bridgehead atoms. The molecule has 0 saturated heterocycles. The quantitative estimate of drug-likeness (QED) is 0.544. The average molecular weight is 219 g/mol. The summed E-state index contributed by atoms with van der Waals surface area (Å²) in [4.78, 5) is 0. The molecular weight excluding hydrogens is 198 g/mol. The van der Waals surface area contributed by atoms with Crippen LogP contribution < -0.4 is 5.73 Å². The summed E-state index contributed by atoms with van der Waals surface area (Å²) in [5.74, 6) is 0. The lowest BCUT2D eigenvalue weighted by Gasteiger charge is -2.29. The number of rotatable bonds is 6. The number of allylic oxidation sites excluding steroid dienone is 1. The summed E-state index contributed by atoms with van der Waals surface area (Å²) in [5.41, 5.74) is 5.86. The van der Waals surface area contributed by atoms with Crippen molar-refractivity contribution in [2.24, 2.45) is 5.73 Å². The van der Waals surface area contributed by atoms with E-state index >= 15 is 0 Å². The molecular formula is C10H21NO2S. The Bertz CT molecular complexity index is 280. The zero-order chi connectivity index (χ0) is 11.4. The Kier molecular flexibility index (Phi) is 4.81. The highest BCUT2D eigenvalue weighted by molar-refractivity contribution is 7.92. The van der Waals surface area contributed by atoms with Crippen molar-refractivity contribution in [3.8, 4) is 0 Å². The Hall–Kier alpha value is -0.350. The first-order chi connectivity index (χ1) is 6.23. The van der Waals surface area contributed by atoms with Crippen LogP contribution in [0.25, 0.3) is 0 Å². The van der Waals surface area contributed by atoms with Gasteiger partial charge in [0.2, 0.25) is 0 Å². The van der Waals surface area contributed by atoms with Gasteiger partial charge in [0.15, 0.2) is 9.84 Å². The minimum absolute atomic E-state index is 0.308. The third-order valence-electron chi connectivity index (χ3n) is 2.77. The zero-order valence-corrected chi connectivity index (χ0v) is 10.1. The van der Waals surface area contributed by atoms with Crippen LogP contribution in [0.15, 0.2) is 12.7 Å². The second-order valence-corrected chi connectivity index (χ2v) is 6.80. The van der Waals surface area contributed by atoms with Crippen molar-refractivity contribution in [1.82, 2.24) is 0 Å². The van der Waals surface area contributed by atoms with E-state index in [9.17, 15) is 8.42 Å². The number of unbranched alkanes of at least 4 members (excludes halogenated alkanes) is 1. The molecule has 0 spiro atoms. The van der Waals surface area contributed by atoms with Crippen LogP contribution in [0.2, 0.25) is 0 Å². The molecule has 3 nitrogen and oxygen atoms in total. The Morgan fingerprint density at radius 1 is 1.50 bits per heavy atom. The number of nitrogens with two attached hydrogens (primary N) is 1. The largest absolute Gasteiger partial charge is 0.326 e. The molecule has 1 unspecified atom stereocenters. The number of hydrogen-bond acceptors (Lipinski definition) is 3. The monoisotopic (exact) mass is 219 g/mol. The van der Waals surface area contributed by atoms with E-state index in [1.54, 1.807) is 13.8 Å². The summed E-state index contributed by atoms with van der Waals surface area (Å²) in [7, 11) is -3.09. The molecule has 0 aliphatic carbocycles. The highest BCUT2D eigenvalue weighted by atomic mass is 32.2. The molecule has 0 aromatic heterocycles. The van der Waals surface area contributed by atoms with Crippen LogP contribution in [0.5, 0.6) is 0 Å². The fraction of sp³-hybridized carbons (Fsp3) is 0.800.